The molecule has 0 heterocycles. The molecule has 1 atom stereocenters. The highest BCUT2D eigenvalue weighted by atomic mass is 16.4. The Morgan fingerprint density at radius 2 is 2.08 bits per heavy atom. The SMILES string of the molecule is C=C(CC(C)C(=O)NC)C(=O)[O-]. The van der Waals surface area contributed by atoms with Crippen LogP contribution in [0.3, 0.4) is 0 Å². The van der Waals surface area contributed by atoms with E-state index in [-0.39, 0.29) is 23.8 Å². The highest BCUT2D eigenvalue weighted by Crippen LogP contribution is 2.08. The van der Waals surface area contributed by atoms with E-state index in [0.717, 1.165) is 0 Å². The van der Waals surface area contributed by atoms with E-state index in [1.54, 1.807) is 6.92 Å². The number of carbonyl (C=O) groups excluding carboxylic acids is 2. The number of amides is 1. The molecular weight excluding hydrogens is 158 g/mol. The lowest BCUT2D eigenvalue weighted by molar-refractivity contribution is -0.299. The number of rotatable bonds is 4. The minimum atomic E-state index is -1.30. The standard InChI is InChI=1S/C8H13NO3/c1-5(7(10)9-3)4-6(2)8(11)12/h5H,2,4H2,1,3H3,(H,9,10)(H,11,12)/p-1. The fourth-order valence-electron chi connectivity index (χ4n) is 0.792. The van der Waals surface area contributed by atoms with Gasteiger partial charge in [-0.15, -0.1) is 0 Å². The van der Waals surface area contributed by atoms with Crippen LogP contribution in [-0.4, -0.2) is 18.9 Å². The Kier molecular flexibility index (Phi) is 4.04. The third-order valence-electron chi connectivity index (χ3n) is 1.54. The molecule has 1 N–H and O–H groups in total. The zero-order valence-corrected chi connectivity index (χ0v) is 7.22. The van der Waals surface area contributed by atoms with Crippen LogP contribution in [0.15, 0.2) is 12.2 Å². The Balaban J connectivity index is 4.01. The van der Waals surface area contributed by atoms with Crippen molar-refractivity contribution in [2.45, 2.75) is 13.3 Å². The predicted octanol–water partition coefficient (Wildman–Crippen LogP) is -0.935. The molecule has 0 aromatic heterocycles. The summed E-state index contributed by atoms with van der Waals surface area (Å²) in [5.74, 6) is -1.87. The van der Waals surface area contributed by atoms with E-state index < -0.39 is 5.97 Å². The third-order valence-corrected chi connectivity index (χ3v) is 1.54. The van der Waals surface area contributed by atoms with E-state index >= 15 is 0 Å². The van der Waals surface area contributed by atoms with Gasteiger partial charge in [-0.1, -0.05) is 13.5 Å². The van der Waals surface area contributed by atoms with Crippen LogP contribution < -0.4 is 10.4 Å². The molecule has 12 heavy (non-hydrogen) atoms. The number of aliphatic carboxylic acids is 1. The van der Waals surface area contributed by atoms with Crippen LogP contribution in [-0.2, 0) is 9.59 Å². The van der Waals surface area contributed by atoms with E-state index in [9.17, 15) is 14.7 Å². The molecular formula is C8H12NO3-. The molecule has 0 rings (SSSR count). The summed E-state index contributed by atoms with van der Waals surface area (Å²) in [5, 5.41) is 12.6. The number of carboxylic acid groups (broad SMARTS) is 1. The first kappa shape index (κ1) is 10.7. The maximum absolute atomic E-state index is 10.9. The first-order valence-corrected chi connectivity index (χ1v) is 3.59. The summed E-state index contributed by atoms with van der Waals surface area (Å²) in [7, 11) is 1.50. The van der Waals surface area contributed by atoms with Crippen LogP contribution >= 0.6 is 0 Å². The van der Waals surface area contributed by atoms with Gasteiger partial charge < -0.3 is 15.2 Å². The molecule has 0 aliphatic heterocycles. The molecule has 4 heteroatoms. The second-order valence-electron chi connectivity index (χ2n) is 2.61. The van der Waals surface area contributed by atoms with Crippen LogP contribution in [0.1, 0.15) is 13.3 Å². The highest BCUT2D eigenvalue weighted by Gasteiger charge is 2.12. The molecule has 0 aromatic carbocycles. The van der Waals surface area contributed by atoms with E-state index in [4.69, 9.17) is 0 Å². The number of carbonyl (C=O) groups is 2. The molecule has 0 aliphatic rings. The van der Waals surface area contributed by atoms with Gasteiger partial charge in [-0.3, -0.25) is 4.79 Å². The van der Waals surface area contributed by atoms with Gasteiger partial charge in [0.2, 0.25) is 5.91 Å². The van der Waals surface area contributed by atoms with Gasteiger partial charge in [0, 0.05) is 13.0 Å². The van der Waals surface area contributed by atoms with E-state index in [2.05, 4.69) is 11.9 Å². The second-order valence-corrected chi connectivity index (χ2v) is 2.61. The second kappa shape index (κ2) is 4.54. The Labute approximate surface area is 71.3 Å². The van der Waals surface area contributed by atoms with Crippen molar-refractivity contribution in [1.82, 2.24) is 5.32 Å². The molecule has 0 radical (unpaired) electrons. The van der Waals surface area contributed by atoms with Crippen LogP contribution in [0.25, 0.3) is 0 Å². The Hall–Kier alpha value is -1.32. The number of carboxylic acids is 1. The maximum Gasteiger partial charge on any atom is 0.222 e. The lowest BCUT2D eigenvalue weighted by atomic mass is 10.0. The summed E-state index contributed by atoms with van der Waals surface area (Å²) in [6.45, 7) is 4.90. The van der Waals surface area contributed by atoms with Gasteiger partial charge in [-0.2, -0.15) is 0 Å². The zero-order valence-electron chi connectivity index (χ0n) is 7.22. The fourth-order valence-corrected chi connectivity index (χ4v) is 0.792. The average molecular weight is 170 g/mol. The van der Waals surface area contributed by atoms with Gasteiger partial charge in [0.15, 0.2) is 0 Å². The molecule has 0 aliphatic carbocycles. The molecule has 0 saturated heterocycles. The first-order chi connectivity index (χ1) is 5.49. The summed E-state index contributed by atoms with van der Waals surface area (Å²) >= 11 is 0. The number of hydrogen-bond acceptors (Lipinski definition) is 3. The molecule has 0 fully saturated rings. The molecule has 0 saturated carbocycles. The molecule has 0 spiro atoms. The minimum absolute atomic E-state index is 0.0499. The summed E-state index contributed by atoms with van der Waals surface area (Å²) < 4.78 is 0. The van der Waals surface area contributed by atoms with Crippen molar-refractivity contribution in [2.24, 2.45) is 5.92 Å². The average Bonchev–Trinajstić information content (AvgIpc) is 2.02. The van der Waals surface area contributed by atoms with Gasteiger partial charge in [-0.05, 0) is 12.0 Å². The van der Waals surface area contributed by atoms with Crippen LogP contribution in [0.4, 0.5) is 0 Å². The van der Waals surface area contributed by atoms with Gasteiger partial charge in [0.1, 0.15) is 0 Å². The van der Waals surface area contributed by atoms with Crippen LogP contribution in [0.5, 0.6) is 0 Å². The molecule has 1 amide bonds. The van der Waals surface area contributed by atoms with Crippen molar-refractivity contribution in [3.05, 3.63) is 12.2 Å². The minimum Gasteiger partial charge on any atom is -0.545 e. The summed E-state index contributed by atoms with van der Waals surface area (Å²) in [6, 6.07) is 0. The van der Waals surface area contributed by atoms with Crippen LogP contribution in [0.2, 0.25) is 0 Å². The van der Waals surface area contributed by atoms with Gasteiger partial charge in [-0.25, -0.2) is 0 Å². The third kappa shape index (κ3) is 3.18. The van der Waals surface area contributed by atoms with Gasteiger partial charge in [0.05, 0.1) is 5.97 Å². The topological polar surface area (TPSA) is 69.2 Å². The quantitative estimate of drug-likeness (QED) is 0.554. The largest absolute Gasteiger partial charge is 0.545 e. The number of nitrogens with one attached hydrogen (secondary N) is 1. The van der Waals surface area contributed by atoms with E-state index in [1.807, 2.05) is 0 Å². The smallest absolute Gasteiger partial charge is 0.222 e. The maximum atomic E-state index is 10.9. The lowest BCUT2D eigenvalue weighted by Gasteiger charge is -2.11. The van der Waals surface area contributed by atoms with Crippen molar-refractivity contribution in [2.75, 3.05) is 7.05 Å². The molecule has 4 nitrogen and oxygen atoms in total. The zero-order chi connectivity index (χ0) is 9.72. The Bertz CT molecular complexity index is 210. The van der Waals surface area contributed by atoms with Crippen molar-refractivity contribution in [1.29, 1.82) is 0 Å². The Morgan fingerprint density at radius 3 is 2.42 bits per heavy atom. The molecule has 68 valence electrons. The molecule has 0 bridgehead atoms. The fraction of sp³-hybridized carbons (Fsp3) is 0.500. The van der Waals surface area contributed by atoms with E-state index in [0.29, 0.717) is 0 Å². The van der Waals surface area contributed by atoms with Gasteiger partial charge >= 0.3 is 0 Å². The summed E-state index contributed by atoms with van der Waals surface area (Å²) in [5.41, 5.74) is -0.0499. The van der Waals surface area contributed by atoms with Crippen molar-refractivity contribution in [3.63, 3.8) is 0 Å². The predicted molar refractivity (Wildman–Crippen MR) is 42.0 cm³/mol. The van der Waals surface area contributed by atoms with Gasteiger partial charge in [0.25, 0.3) is 0 Å². The van der Waals surface area contributed by atoms with Crippen molar-refractivity contribution >= 4 is 11.9 Å². The van der Waals surface area contributed by atoms with Crippen molar-refractivity contribution < 1.29 is 14.7 Å². The van der Waals surface area contributed by atoms with E-state index in [1.165, 1.54) is 7.05 Å². The monoisotopic (exact) mass is 170 g/mol. The van der Waals surface area contributed by atoms with Crippen LogP contribution in [0, 0.1) is 5.92 Å². The molecule has 0 aromatic rings. The first-order valence-electron chi connectivity index (χ1n) is 3.59. The lowest BCUT2D eigenvalue weighted by Crippen LogP contribution is -2.29. The Morgan fingerprint density at radius 1 is 1.58 bits per heavy atom. The summed E-state index contributed by atoms with van der Waals surface area (Å²) in [4.78, 5) is 21.1. The highest BCUT2D eigenvalue weighted by molar-refractivity contribution is 5.86. The normalized spacial score (nSPS) is 11.8. The molecule has 1 unspecified atom stereocenters. The summed E-state index contributed by atoms with van der Waals surface area (Å²) in [6.07, 6.45) is 0.127. The number of hydrogen-bond donors (Lipinski definition) is 1. The van der Waals surface area contributed by atoms with Crippen molar-refractivity contribution in [3.8, 4) is 0 Å².